The lowest BCUT2D eigenvalue weighted by atomic mass is 10.0. The Hall–Kier alpha value is -2.29. The molecule has 2 aromatic carbocycles. The van der Waals surface area contributed by atoms with Gasteiger partial charge in [-0.2, -0.15) is 0 Å². The van der Waals surface area contributed by atoms with E-state index in [-0.39, 0.29) is 12.1 Å². The molecule has 0 fully saturated rings. The van der Waals surface area contributed by atoms with Crippen LogP contribution in [0.2, 0.25) is 0 Å². The van der Waals surface area contributed by atoms with Crippen LogP contribution in [0.1, 0.15) is 31.9 Å². The first kappa shape index (κ1) is 15.1. The Morgan fingerprint density at radius 1 is 1.00 bits per heavy atom. The summed E-state index contributed by atoms with van der Waals surface area (Å²) in [5.74, 6) is 0.664. The van der Waals surface area contributed by atoms with Gasteiger partial charge in [0.15, 0.2) is 0 Å². The maximum Gasteiger partial charge on any atom is 0.306 e. The van der Waals surface area contributed by atoms with E-state index in [9.17, 15) is 4.79 Å². The van der Waals surface area contributed by atoms with E-state index < -0.39 is 0 Å². The molecule has 0 saturated carbocycles. The molecule has 1 atom stereocenters. The van der Waals surface area contributed by atoms with E-state index >= 15 is 0 Å². The summed E-state index contributed by atoms with van der Waals surface area (Å²) in [6.45, 7) is 3.68. The molecular weight excluding hydrogens is 264 g/mol. The summed E-state index contributed by atoms with van der Waals surface area (Å²) in [6.07, 6.45) is 0.177. The number of carbonyl (C=O) groups excluding carboxylic acids is 1. The number of hydrogen-bond acceptors (Lipinski definition) is 3. The second-order valence-corrected chi connectivity index (χ2v) is 4.84. The van der Waals surface area contributed by atoms with Crippen LogP contribution in [0.5, 0.6) is 5.75 Å². The highest BCUT2D eigenvalue weighted by molar-refractivity contribution is 5.69. The van der Waals surface area contributed by atoms with Crippen LogP contribution < -0.4 is 4.74 Å². The van der Waals surface area contributed by atoms with Gasteiger partial charge in [0.05, 0.1) is 7.11 Å². The summed E-state index contributed by atoms with van der Waals surface area (Å²) in [5, 5.41) is 0. The van der Waals surface area contributed by atoms with Crippen LogP contribution in [0.25, 0.3) is 11.1 Å². The fourth-order valence-electron chi connectivity index (χ4n) is 2.08. The minimum Gasteiger partial charge on any atom is -0.497 e. The number of rotatable bonds is 5. The maximum absolute atomic E-state index is 11.3. The summed E-state index contributed by atoms with van der Waals surface area (Å²) in [6, 6.07) is 16.0. The van der Waals surface area contributed by atoms with E-state index in [1.807, 2.05) is 55.5 Å². The quantitative estimate of drug-likeness (QED) is 0.764. The van der Waals surface area contributed by atoms with Crippen molar-refractivity contribution in [1.82, 2.24) is 0 Å². The lowest BCUT2D eigenvalue weighted by Gasteiger charge is -2.13. The largest absolute Gasteiger partial charge is 0.497 e. The topological polar surface area (TPSA) is 35.5 Å². The molecule has 3 heteroatoms. The van der Waals surface area contributed by atoms with E-state index in [0.717, 1.165) is 22.4 Å². The molecule has 1 unspecified atom stereocenters. The fourth-order valence-corrected chi connectivity index (χ4v) is 2.08. The lowest BCUT2D eigenvalue weighted by molar-refractivity contribution is -0.148. The van der Waals surface area contributed by atoms with Crippen molar-refractivity contribution in [1.29, 1.82) is 0 Å². The van der Waals surface area contributed by atoms with Gasteiger partial charge in [-0.25, -0.2) is 0 Å². The molecule has 0 bridgehead atoms. The number of hydrogen-bond donors (Lipinski definition) is 0. The first-order valence-electron chi connectivity index (χ1n) is 7.08. The van der Waals surface area contributed by atoms with Gasteiger partial charge in [-0.05, 0) is 35.7 Å². The normalized spacial score (nSPS) is 11.8. The molecule has 0 spiro atoms. The first-order valence-corrected chi connectivity index (χ1v) is 7.08. The van der Waals surface area contributed by atoms with E-state index in [2.05, 4.69) is 0 Å². The van der Waals surface area contributed by atoms with Crippen molar-refractivity contribution >= 4 is 5.97 Å². The van der Waals surface area contributed by atoms with Crippen LogP contribution in [0.15, 0.2) is 48.5 Å². The molecule has 2 aromatic rings. The van der Waals surface area contributed by atoms with Crippen molar-refractivity contribution in [2.45, 2.75) is 26.4 Å². The Balaban J connectivity index is 2.12. The molecule has 3 nitrogen and oxygen atoms in total. The molecule has 21 heavy (non-hydrogen) atoms. The molecular formula is C18H20O3. The van der Waals surface area contributed by atoms with Gasteiger partial charge in [0.2, 0.25) is 0 Å². The van der Waals surface area contributed by atoms with Gasteiger partial charge in [-0.15, -0.1) is 0 Å². The molecule has 0 aliphatic carbocycles. The molecule has 0 saturated heterocycles. The summed E-state index contributed by atoms with van der Waals surface area (Å²) >= 11 is 0. The molecule has 0 aromatic heterocycles. The summed E-state index contributed by atoms with van der Waals surface area (Å²) < 4.78 is 10.5. The van der Waals surface area contributed by atoms with E-state index in [0.29, 0.717) is 6.42 Å². The SMILES string of the molecule is CCC(=O)OC(C)c1ccc(-c2ccc(OC)cc2)cc1. The number of carbonyl (C=O) groups is 1. The average molecular weight is 284 g/mol. The molecule has 2 rings (SSSR count). The van der Waals surface area contributed by atoms with Crippen molar-refractivity contribution in [2.24, 2.45) is 0 Å². The number of methoxy groups -OCH3 is 1. The lowest BCUT2D eigenvalue weighted by Crippen LogP contribution is -2.07. The minimum atomic E-state index is -0.220. The highest BCUT2D eigenvalue weighted by Gasteiger charge is 2.10. The standard InChI is InChI=1S/C18H20O3/c1-4-18(19)21-13(2)14-5-7-15(8-6-14)16-9-11-17(20-3)12-10-16/h5-13H,4H2,1-3H3. The zero-order chi connectivity index (χ0) is 15.2. The Bertz CT molecular complexity index is 585. The summed E-state index contributed by atoms with van der Waals surface area (Å²) in [4.78, 5) is 11.3. The second kappa shape index (κ2) is 6.93. The molecule has 0 radical (unpaired) electrons. The van der Waals surface area contributed by atoms with Gasteiger partial charge in [-0.3, -0.25) is 4.79 Å². The van der Waals surface area contributed by atoms with E-state index in [1.54, 1.807) is 14.0 Å². The average Bonchev–Trinajstić information content (AvgIpc) is 2.55. The first-order chi connectivity index (χ1) is 10.1. The van der Waals surface area contributed by atoms with Crippen LogP contribution >= 0.6 is 0 Å². The van der Waals surface area contributed by atoms with Crippen molar-refractivity contribution in [3.05, 3.63) is 54.1 Å². The van der Waals surface area contributed by atoms with Gasteiger partial charge in [0.25, 0.3) is 0 Å². The van der Waals surface area contributed by atoms with Gasteiger partial charge < -0.3 is 9.47 Å². The molecule has 0 N–H and O–H groups in total. The Kier molecular flexibility index (Phi) is 4.99. The van der Waals surface area contributed by atoms with Crippen LogP contribution in [-0.4, -0.2) is 13.1 Å². The third-order valence-corrected chi connectivity index (χ3v) is 3.40. The summed E-state index contributed by atoms with van der Waals surface area (Å²) in [7, 11) is 1.66. The number of esters is 1. The molecule has 0 amide bonds. The third kappa shape index (κ3) is 3.85. The van der Waals surface area contributed by atoms with Crippen LogP contribution in [0, 0.1) is 0 Å². The van der Waals surface area contributed by atoms with Crippen LogP contribution in [0.4, 0.5) is 0 Å². The monoisotopic (exact) mass is 284 g/mol. The van der Waals surface area contributed by atoms with Gasteiger partial charge >= 0.3 is 5.97 Å². The predicted octanol–water partition coefficient (Wildman–Crippen LogP) is 4.38. The molecule has 110 valence electrons. The zero-order valence-electron chi connectivity index (χ0n) is 12.6. The van der Waals surface area contributed by atoms with Gasteiger partial charge in [-0.1, -0.05) is 43.3 Å². The highest BCUT2D eigenvalue weighted by atomic mass is 16.5. The Morgan fingerprint density at radius 3 is 2.00 bits per heavy atom. The van der Waals surface area contributed by atoms with Crippen LogP contribution in [-0.2, 0) is 9.53 Å². The van der Waals surface area contributed by atoms with Crippen molar-refractivity contribution in [3.63, 3.8) is 0 Å². The van der Waals surface area contributed by atoms with E-state index in [1.165, 1.54) is 0 Å². The zero-order valence-corrected chi connectivity index (χ0v) is 12.6. The van der Waals surface area contributed by atoms with Gasteiger partial charge in [0.1, 0.15) is 11.9 Å². The second-order valence-electron chi connectivity index (χ2n) is 4.84. The Labute approximate surface area is 125 Å². The minimum absolute atomic E-state index is 0.179. The third-order valence-electron chi connectivity index (χ3n) is 3.40. The number of benzene rings is 2. The predicted molar refractivity (Wildman–Crippen MR) is 83.2 cm³/mol. The van der Waals surface area contributed by atoms with Crippen molar-refractivity contribution < 1.29 is 14.3 Å². The molecule has 0 heterocycles. The Morgan fingerprint density at radius 2 is 1.52 bits per heavy atom. The number of ether oxygens (including phenoxy) is 2. The summed E-state index contributed by atoms with van der Waals surface area (Å²) in [5.41, 5.74) is 3.24. The smallest absolute Gasteiger partial charge is 0.306 e. The molecule has 0 aliphatic rings. The van der Waals surface area contributed by atoms with E-state index in [4.69, 9.17) is 9.47 Å². The van der Waals surface area contributed by atoms with Crippen molar-refractivity contribution in [2.75, 3.05) is 7.11 Å². The van der Waals surface area contributed by atoms with Crippen LogP contribution in [0.3, 0.4) is 0 Å². The highest BCUT2D eigenvalue weighted by Crippen LogP contribution is 2.25. The fraction of sp³-hybridized carbons (Fsp3) is 0.278. The molecule has 0 aliphatic heterocycles. The van der Waals surface area contributed by atoms with Crippen molar-refractivity contribution in [3.8, 4) is 16.9 Å². The maximum atomic E-state index is 11.3. The van der Waals surface area contributed by atoms with Gasteiger partial charge in [0, 0.05) is 6.42 Å².